The van der Waals surface area contributed by atoms with E-state index >= 15 is 0 Å². The molecule has 27 heavy (non-hydrogen) atoms. The van der Waals surface area contributed by atoms with Crippen LogP contribution in [0, 0.1) is 0 Å². The lowest BCUT2D eigenvalue weighted by molar-refractivity contribution is -0.134. The zero-order valence-corrected chi connectivity index (χ0v) is 15.7. The van der Waals surface area contributed by atoms with Crippen molar-refractivity contribution >= 4 is 5.91 Å². The Morgan fingerprint density at radius 3 is 2.22 bits per heavy atom. The Morgan fingerprint density at radius 2 is 1.59 bits per heavy atom. The summed E-state index contributed by atoms with van der Waals surface area (Å²) in [4.78, 5) is 15.2. The first-order valence-corrected chi connectivity index (χ1v) is 10.0. The number of benzene rings is 2. The molecule has 4 heteroatoms. The molecule has 2 atom stereocenters. The van der Waals surface area contributed by atoms with Crippen molar-refractivity contribution in [2.45, 2.75) is 62.9 Å². The number of hydrogen-bond donors (Lipinski definition) is 2. The number of carbonyl (C=O) groups is 1. The van der Waals surface area contributed by atoms with Gasteiger partial charge in [-0.15, -0.1) is 0 Å². The molecule has 142 valence electrons. The molecule has 1 heterocycles. The second-order valence-corrected chi connectivity index (χ2v) is 7.86. The molecule has 2 aromatic rings. The van der Waals surface area contributed by atoms with Gasteiger partial charge in [-0.1, -0.05) is 60.7 Å². The Labute approximate surface area is 161 Å². The highest BCUT2D eigenvalue weighted by Crippen LogP contribution is 2.39. The highest BCUT2D eigenvalue weighted by atomic mass is 16.3. The van der Waals surface area contributed by atoms with E-state index in [2.05, 4.69) is 29.6 Å². The molecule has 4 nitrogen and oxygen atoms in total. The molecule has 2 fully saturated rings. The first kappa shape index (κ1) is 18.2. The van der Waals surface area contributed by atoms with Gasteiger partial charge in [0.05, 0.1) is 11.8 Å². The van der Waals surface area contributed by atoms with Gasteiger partial charge in [0.1, 0.15) is 6.04 Å². The zero-order chi connectivity index (χ0) is 18.7. The van der Waals surface area contributed by atoms with Crippen molar-refractivity contribution in [1.82, 2.24) is 10.2 Å². The van der Waals surface area contributed by atoms with Crippen molar-refractivity contribution in [2.75, 3.05) is 0 Å². The van der Waals surface area contributed by atoms with E-state index in [-0.39, 0.29) is 11.6 Å². The van der Waals surface area contributed by atoms with Gasteiger partial charge >= 0.3 is 0 Å². The highest BCUT2D eigenvalue weighted by molar-refractivity contribution is 5.86. The van der Waals surface area contributed by atoms with Gasteiger partial charge < -0.3 is 10.0 Å². The third kappa shape index (κ3) is 3.78. The average molecular weight is 364 g/mol. The van der Waals surface area contributed by atoms with Gasteiger partial charge in [-0.05, 0) is 49.7 Å². The van der Waals surface area contributed by atoms with Crippen LogP contribution in [0.4, 0.5) is 0 Å². The molecule has 2 N–H and O–H groups in total. The van der Waals surface area contributed by atoms with Crippen molar-refractivity contribution < 1.29 is 9.90 Å². The smallest absolute Gasteiger partial charge is 0.244 e. The number of hydrogen-bond acceptors (Lipinski definition) is 3. The number of aliphatic hydroxyl groups is 1. The molecular weight excluding hydrogens is 336 g/mol. The number of carbonyl (C=O) groups excluding carboxylic acids is 1. The van der Waals surface area contributed by atoms with Gasteiger partial charge in [-0.2, -0.15) is 0 Å². The van der Waals surface area contributed by atoms with E-state index in [4.69, 9.17) is 0 Å². The fourth-order valence-corrected chi connectivity index (χ4v) is 4.56. The number of aliphatic hydroxyl groups excluding tert-OH is 1. The van der Waals surface area contributed by atoms with Gasteiger partial charge in [0.15, 0.2) is 0 Å². The molecule has 0 bridgehead atoms. The summed E-state index contributed by atoms with van der Waals surface area (Å²) in [5, 5.41) is 14.3. The monoisotopic (exact) mass is 364 g/mol. The van der Waals surface area contributed by atoms with E-state index in [0.717, 1.165) is 37.7 Å². The van der Waals surface area contributed by atoms with Gasteiger partial charge in [0.2, 0.25) is 5.91 Å². The van der Waals surface area contributed by atoms with Gasteiger partial charge in [-0.25, -0.2) is 0 Å². The molecule has 1 aliphatic heterocycles. The normalized spacial score (nSPS) is 22.5. The van der Waals surface area contributed by atoms with Crippen LogP contribution in [0.25, 0.3) is 0 Å². The summed E-state index contributed by atoms with van der Waals surface area (Å²) in [7, 11) is 0. The lowest BCUT2D eigenvalue weighted by Gasteiger charge is -2.35. The third-order valence-corrected chi connectivity index (χ3v) is 6.04. The van der Waals surface area contributed by atoms with Crippen molar-refractivity contribution in [3.63, 3.8) is 0 Å². The van der Waals surface area contributed by atoms with Crippen LogP contribution in [-0.4, -0.2) is 33.7 Å². The van der Waals surface area contributed by atoms with Crippen LogP contribution in [0.5, 0.6) is 0 Å². The van der Waals surface area contributed by atoms with Crippen molar-refractivity contribution in [3.05, 3.63) is 71.8 Å². The number of rotatable bonds is 6. The maximum atomic E-state index is 13.2. The lowest BCUT2D eigenvalue weighted by Crippen LogP contribution is -2.51. The van der Waals surface area contributed by atoms with Crippen LogP contribution in [0.2, 0.25) is 0 Å². The van der Waals surface area contributed by atoms with E-state index in [1.54, 1.807) is 0 Å². The maximum Gasteiger partial charge on any atom is 0.244 e. The standard InChI is InChI=1S/C23H28N2O2/c26-20(14-13-18-9-3-1-4-10-18)21-22(27)25(17-19-11-5-2-6-12-19)23(24-21)15-7-8-16-23/h1-6,9-12,20-21,24,26H,7-8,13-17H2/t20-,21+/m1/s1. The van der Waals surface area contributed by atoms with Crippen molar-refractivity contribution in [2.24, 2.45) is 0 Å². The Hall–Kier alpha value is -2.17. The molecule has 1 aliphatic carbocycles. The molecule has 2 aliphatic rings. The zero-order valence-electron chi connectivity index (χ0n) is 15.7. The summed E-state index contributed by atoms with van der Waals surface area (Å²) >= 11 is 0. The van der Waals surface area contributed by atoms with Gasteiger partial charge in [0, 0.05) is 6.54 Å². The first-order valence-electron chi connectivity index (χ1n) is 10.0. The van der Waals surface area contributed by atoms with E-state index in [9.17, 15) is 9.90 Å². The minimum atomic E-state index is -0.670. The molecular formula is C23H28N2O2. The van der Waals surface area contributed by atoms with E-state index < -0.39 is 12.1 Å². The molecule has 1 saturated heterocycles. The van der Waals surface area contributed by atoms with Crippen LogP contribution in [0.15, 0.2) is 60.7 Å². The third-order valence-electron chi connectivity index (χ3n) is 6.04. The summed E-state index contributed by atoms with van der Waals surface area (Å²) < 4.78 is 0. The SMILES string of the molecule is O=C1[C@H]([C@H](O)CCc2ccccc2)NC2(CCCC2)N1Cc1ccccc1. The Morgan fingerprint density at radius 1 is 1.00 bits per heavy atom. The predicted octanol–water partition coefficient (Wildman–Crippen LogP) is 3.25. The maximum absolute atomic E-state index is 13.2. The van der Waals surface area contributed by atoms with Crippen LogP contribution < -0.4 is 5.32 Å². The summed E-state index contributed by atoms with van der Waals surface area (Å²) in [5.74, 6) is 0.0429. The van der Waals surface area contributed by atoms with Crippen LogP contribution in [0.3, 0.4) is 0 Å². The average Bonchev–Trinajstić information content (AvgIpc) is 3.28. The van der Waals surface area contributed by atoms with Gasteiger partial charge in [0.25, 0.3) is 0 Å². The molecule has 0 unspecified atom stereocenters. The van der Waals surface area contributed by atoms with Crippen molar-refractivity contribution in [1.29, 1.82) is 0 Å². The minimum absolute atomic E-state index is 0.0429. The number of amides is 1. The molecule has 4 rings (SSSR count). The Balaban J connectivity index is 1.48. The highest BCUT2D eigenvalue weighted by Gasteiger charge is 2.53. The largest absolute Gasteiger partial charge is 0.391 e. The van der Waals surface area contributed by atoms with E-state index in [1.807, 2.05) is 41.3 Å². The Bertz CT molecular complexity index is 756. The minimum Gasteiger partial charge on any atom is -0.391 e. The van der Waals surface area contributed by atoms with Crippen molar-refractivity contribution in [3.8, 4) is 0 Å². The molecule has 1 saturated carbocycles. The quantitative estimate of drug-likeness (QED) is 0.827. The van der Waals surface area contributed by atoms with Crippen LogP contribution >= 0.6 is 0 Å². The van der Waals surface area contributed by atoms with E-state index in [0.29, 0.717) is 13.0 Å². The van der Waals surface area contributed by atoms with Crippen LogP contribution in [0.1, 0.15) is 43.2 Å². The number of nitrogens with zero attached hydrogens (tertiary/aromatic N) is 1. The number of aryl methyl sites for hydroxylation is 1. The predicted molar refractivity (Wildman–Crippen MR) is 106 cm³/mol. The Kier molecular flexibility index (Phi) is 5.28. The molecule has 1 amide bonds. The summed E-state index contributed by atoms with van der Waals surface area (Å²) in [5.41, 5.74) is 2.04. The summed E-state index contributed by atoms with van der Waals surface area (Å²) in [6.45, 7) is 0.606. The topological polar surface area (TPSA) is 52.6 Å². The van der Waals surface area contributed by atoms with Crippen LogP contribution in [-0.2, 0) is 17.8 Å². The van der Waals surface area contributed by atoms with E-state index in [1.165, 1.54) is 5.56 Å². The first-order chi connectivity index (χ1) is 13.2. The summed E-state index contributed by atoms with van der Waals surface area (Å²) in [6, 6.07) is 19.8. The molecule has 0 aromatic heterocycles. The second kappa shape index (κ2) is 7.83. The fraction of sp³-hybridized carbons (Fsp3) is 0.435. The summed E-state index contributed by atoms with van der Waals surface area (Å²) in [6.07, 6.45) is 4.87. The molecule has 0 radical (unpaired) electrons. The lowest BCUT2D eigenvalue weighted by atomic mass is 10.0. The molecule has 2 aromatic carbocycles. The fourth-order valence-electron chi connectivity index (χ4n) is 4.56. The van der Waals surface area contributed by atoms with Gasteiger partial charge in [-0.3, -0.25) is 10.1 Å². The second-order valence-electron chi connectivity index (χ2n) is 7.86. The number of nitrogens with one attached hydrogen (secondary N) is 1. The molecule has 1 spiro atoms.